The fourth-order valence-corrected chi connectivity index (χ4v) is 2.50. The third-order valence-corrected chi connectivity index (χ3v) is 3.41. The summed E-state index contributed by atoms with van der Waals surface area (Å²) in [5.41, 5.74) is 1.88. The van der Waals surface area contributed by atoms with Gasteiger partial charge in [0.1, 0.15) is 5.15 Å². The molecule has 0 radical (unpaired) electrons. The molecule has 13 heavy (non-hydrogen) atoms. The maximum atomic E-state index is 5.63. The van der Waals surface area contributed by atoms with Crippen LogP contribution in [-0.4, -0.2) is 9.97 Å². The van der Waals surface area contributed by atoms with Crippen LogP contribution in [0, 0.1) is 0 Å². The number of hydrogen-bond acceptors (Lipinski definition) is 3. The topological polar surface area (TPSA) is 25.8 Å². The second kappa shape index (κ2) is 3.74. The van der Waals surface area contributed by atoms with E-state index in [0.717, 1.165) is 15.7 Å². The maximum absolute atomic E-state index is 5.63. The van der Waals surface area contributed by atoms with Crippen LogP contribution in [0.25, 0.3) is 11.3 Å². The Morgan fingerprint density at radius 2 is 2.08 bits per heavy atom. The van der Waals surface area contributed by atoms with Crippen LogP contribution in [0.15, 0.2) is 27.6 Å². The highest BCUT2D eigenvalue weighted by Crippen LogP contribution is 2.29. The molecule has 0 aliphatic rings. The standard InChI is InChI=1S/C8H4BrClN2S/c9-6-4-13-3-5(6)7-1-12-8(10)2-11-7/h1-4H. The minimum Gasteiger partial charge on any atom is -0.251 e. The highest BCUT2D eigenvalue weighted by molar-refractivity contribution is 9.10. The highest BCUT2D eigenvalue weighted by atomic mass is 79.9. The van der Waals surface area contributed by atoms with Crippen LogP contribution in [0.2, 0.25) is 5.15 Å². The zero-order valence-electron chi connectivity index (χ0n) is 6.37. The van der Waals surface area contributed by atoms with Crippen LogP contribution in [0.3, 0.4) is 0 Å². The number of thiophene rings is 1. The fraction of sp³-hybridized carbons (Fsp3) is 0. The van der Waals surface area contributed by atoms with E-state index in [9.17, 15) is 0 Å². The molecule has 0 aliphatic heterocycles. The molecule has 0 unspecified atom stereocenters. The Labute approximate surface area is 92.7 Å². The summed E-state index contributed by atoms with van der Waals surface area (Å²) in [7, 11) is 0. The van der Waals surface area contributed by atoms with Crippen molar-refractivity contribution in [3.05, 3.63) is 32.8 Å². The SMILES string of the molecule is Clc1cnc(-c2cscc2Br)cn1. The van der Waals surface area contributed by atoms with Crippen LogP contribution >= 0.6 is 38.9 Å². The molecule has 0 atom stereocenters. The zero-order valence-corrected chi connectivity index (χ0v) is 9.53. The smallest absolute Gasteiger partial charge is 0.147 e. The van der Waals surface area contributed by atoms with Crippen LogP contribution in [0.4, 0.5) is 0 Å². The summed E-state index contributed by atoms with van der Waals surface area (Å²) in [4.78, 5) is 8.13. The van der Waals surface area contributed by atoms with Gasteiger partial charge in [0.2, 0.25) is 0 Å². The molecule has 0 aromatic carbocycles. The first-order valence-corrected chi connectivity index (χ1v) is 5.58. The summed E-state index contributed by atoms with van der Waals surface area (Å²) in [6.45, 7) is 0. The molecule has 5 heteroatoms. The molecule has 2 rings (SSSR count). The Morgan fingerprint density at radius 3 is 2.62 bits per heavy atom. The second-order valence-corrected chi connectivity index (χ2v) is 4.34. The molecule has 0 saturated heterocycles. The van der Waals surface area contributed by atoms with Crippen molar-refractivity contribution in [2.24, 2.45) is 0 Å². The molecule has 0 fully saturated rings. The maximum Gasteiger partial charge on any atom is 0.147 e. The van der Waals surface area contributed by atoms with E-state index in [1.54, 1.807) is 23.7 Å². The van der Waals surface area contributed by atoms with Gasteiger partial charge in [0.15, 0.2) is 0 Å². The van der Waals surface area contributed by atoms with E-state index in [1.165, 1.54) is 0 Å². The quantitative estimate of drug-likeness (QED) is 0.794. The van der Waals surface area contributed by atoms with E-state index in [1.807, 2.05) is 10.8 Å². The molecule has 2 aromatic rings. The Balaban J connectivity index is 2.47. The van der Waals surface area contributed by atoms with E-state index in [2.05, 4.69) is 25.9 Å². The molecule has 2 nitrogen and oxygen atoms in total. The van der Waals surface area contributed by atoms with Crippen LogP contribution in [0.5, 0.6) is 0 Å². The average Bonchev–Trinajstić information content (AvgIpc) is 2.53. The Morgan fingerprint density at radius 1 is 1.23 bits per heavy atom. The molecule has 2 heterocycles. The normalized spacial score (nSPS) is 10.3. The van der Waals surface area contributed by atoms with Gasteiger partial charge in [0, 0.05) is 20.8 Å². The highest BCUT2D eigenvalue weighted by Gasteiger charge is 2.05. The zero-order chi connectivity index (χ0) is 9.26. The Bertz CT molecular complexity index is 412. The van der Waals surface area contributed by atoms with Gasteiger partial charge in [-0.25, -0.2) is 4.98 Å². The van der Waals surface area contributed by atoms with Gasteiger partial charge in [0.25, 0.3) is 0 Å². The molecule has 0 saturated carbocycles. The van der Waals surface area contributed by atoms with Crippen molar-refractivity contribution < 1.29 is 0 Å². The van der Waals surface area contributed by atoms with E-state index in [-0.39, 0.29) is 0 Å². The minimum absolute atomic E-state index is 0.412. The van der Waals surface area contributed by atoms with Crippen molar-refractivity contribution in [3.63, 3.8) is 0 Å². The molecule has 0 N–H and O–H groups in total. The lowest BCUT2D eigenvalue weighted by molar-refractivity contribution is 1.21. The van der Waals surface area contributed by atoms with E-state index in [4.69, 9.17) is 11.6 Å². The molecule has 0 amide bonds. The van der Waals surface area contributed by atoms with Gasteiger partial charge >= 0.3 is 0 Å². The van der Waals surface area contributed by atoms with Crippen molar-refractivity contribution in [2.75, 3.05) is 0 Å². The van der Waals surface area contributed by atoms with Crippen LogP contribution < -0.4 is 0 Å². The lowest BCUT2D eigenvalue weighted by atomic mass is 10.2. The van der Waals surface area contributed by atoms with Gasteiger partial charge in [-0.05, 0) is 15.9 Å². The van der Waals surface area contributed by atoms with Crippen molar-refractivity contribution in [3.8, 4) is 11.3 Å². The number of nitrogens with zero attached hydrogens (tertiary/aromatic N) is 2. The van der Waals surface area contributed by atoms with Gasteiger partial charge in [-0.1, -0.05) is 11.6 Å². The first-order chi connectivity index (χ1) is 6.27. The Hall–Kier alpha value is -0.450. The van der Waals surface area contributed by atoms with Crippen LogP contribution in [0.1, 0.15) is 0 Å². The Kier molecular flexibility index (Phi) is 2.62. The van der Waals surface area contributed by atoms with E-state index in [0.29, 0.717) is 5.15 Å². The summed E-state index contributed by atoms with van der Waals surface area (Å²) in [5.74, 6) is 0. The number of aromatic nitrogens is 2. The molecule has 66 valence electrons. The van der Waals surface area contributed by atoms with Gasteiger partial charge in [-0.2, -0.15) is 11.3 Å². The van der Waals surface area contributed by atoms with Crippen molar-refractivity contribution >= 4 is 38.9 Å². The van der Waals surface area contributed by atoms with Gasteiger partial charge in [-0.15, -0.1) is 0 Å². The average molecular weight is 276 g/mol. The van der Waals surface area contributed by atoms with Crippen molar-refractivity contribution in [1.82, 2.24) is 9.97 Å². The summed E-state index contributed by atoms with van der Waals surface area (Å²) in [6, 6.07) is 0. The van der Waals surface area contributed by atoms with Gasteiger partial charge in [-0.3, -0.25) is 4.98 Å². The fourth-order valence-electron chi connectivity index (χ4n) is 0.916. The third kappa shape index (κ3) is 1.90. The molecule has 0 aliphatic carbocycles. The largest absolute Gasteiger partial charge is 0.251 e. The number of rotatable bonds is 1. The molecular weight excluding hydrogens is 272 g/mol. The summed E-state index contributed by atoms with van der Waals surface area (Å²) < 4.78 is 1.04. The minimum atomic E-state index is 0.412. The summed E-state index contributed by atoms with van der Waals surface area (Å²) in [5, 5.41) is 4.43. The molecule has 2 aromatic heterocycles. The first-order valence-electron chi connectivity index (χ1n) is 3.47. The van der Waals surface area contributed by atoms with E-state index < -0.39 is 0 Å². The van der Waals surface area contributed by atoms with Crippen molar-refractivity contribution in [2.45, 2.75) is 0 Å². The van der Waals surface area contributed by atoms with Crippen molar-refractivity contribution in [1.29, 1.82) is 0 Å². The number of halogens is 2. The molecule has 0 bridgehead atoms. The van der Waals surface area contributed by atoms with E-state index >= 15 is 0 Å². The summed E-state index contributed by atoms with van der Waals surface area (Å²) in [6.07, 6.45) is 3.20. The lowest BCUT2D eigenvalue weighted by Gasteiger charge is -1.96. The first kappa shape index (κ1) is 9.12. The molecule has 0 spiro atoms. The molecular formula is C8H4BrClN2S. The monoisotopic (exact) mass is 274 g/mol. The van der Waals surface area contributed by atoms with Crippen LogP contribution in [-0.2, 0) is 0 Å². The third-order valence-electron chi connectivity index (χ3n) is 1.51. The van der Waals surface area contributed by atoms with Gasteiger partial charge in [0.05, 0.1) is 18.1 Å². The predicted octanol–water partition coefficient (Wildman–Crippen LogP) is 3.62. The lowest BCUT2D eigenvalue weighted by Crippen LogP contribution is -1.83. The summed E-state index contributed by atoms with van der Waals surface area (Å²) >= 11 is 10.7. The predicted molar refractivity (Wildman–Crippen MR) is 58.1 cm³/mol. The van der Waals surface area contributed by atoms with Gasteiger partial charge < -0.3 is 0 Å². The second-order valence-electron chi connectivity index (χ2n) is 2.36. The number of hydrogen-bond donors (Lipinski definition) is 0.